The minimum absolute atomic E-state index is 0.527. The molecular formula is C20H16N2O2. The van der Waals surface area contributed by atoms with Crippen LogP contribution in [-0.2, 0) is 6.61 Å². The van der Waals surface area contributed by atoms with Gasteiger partial charge in [0.15, 0.2) is 5.58 Å². The zero-order chi connectivity index (χ0) is 16.4. The normalized spacial score (nSPS) is 10.9. The van der Waals surface area contributed by atoms with Crippen molar-refractivity contribution in [1.29, 1.82) is 0 Å². The Morgan fingerprint density at radius 1 is 1.04 bits per heavy atom. The smallest absolute Gasteiger partial charge is 0.228 e. The molecule has 24 heavy (non-hydrogen) atoms. The summed E-state index contributed by atoms with van der Waals surface area (Å²) in [6.07, 6.45) is 3.46. The van der Waals surface area contributed by atoms with E-state index in [9.17, 15) is 0 Å². The number of pyridine rings is 1. The van der Waals surface area contributed by atoms with Crippen LogP contribution in [0.25, 0.3) is 22.6 Å². The van der Waals surface area contributed by atoms with Crippen molar-refractivity contribution in [2.45, 2.75) is 13.5 Å². The summed E-state index contributed by atoms with van der Waals surface area (Å²) in [5.74, 6) is 1.34. The highest BCUT2D eigenvalue weighted by Crippen LogP contribution is 2.26. The zero-order valence-electron chi connectivity index (χ0n) is 13.3. The Balaban J connectivity index is 1.55. The predicted octanol–water partition coefficient (Wildman–Crippen LogP) is 4.78. The van der Waals surface area contributed by atoms with Gasteiger partial charge >= 0.3 is 0 Å². The molecule has 0 saturated heterocycles. The third-order valence-corrected chi connectivity index (χ3v) is 3.79. The number of aromatic nitrogens is 2. The number of hydrogen-bond donors (Lipinski definition) is 0. The van der Waals surface area contributed by atoms with E-state index in [1.807, 2.05) is 30.3 Å². The molecule has 0 radical (unpaired) electrons. The van der Waals surface area contributed by atoms with Gasteiger partial charge in [0, 0.05) is 18.5 Å². The van der Waals surface area contributed by atoms with Crippen molar-refractivity contribution in [2.75, 3.05) is 0 Å². The third-order valence-electron chi connectivity index (χ3n) is 3.79. The minimum atomic E-state index is 0.527. The monoisotopic (exact) mass is 316 g/mol. The Hall–Kier alpha value is -3.14. The molecule has 0 aliphatic heterocycles. The van der Waals surface area contributed by atoms with E-state index in [1.54, 1.807) is 12.4 Å². The highest BCUT2D eigenvalue weighted by molar-refractivity contribution is 5.77. The molecule has 0 N–H and O–H groups in total. The quantitative estimate of drug-likeness (QED) is 0.544. The molecule has 118 valence electrons. The van der Waals surface area contributed by atoms with Gasteiger partial charge in [0.1, 0.15) is 17.9 Å². The van der Waals surface area contributed by atoms with Crippen molar-refractivity contribution >= 4 is 11.1 Å². The van der Waals surface area contributed by atoms with Crippen LogP contribution in [0.3, 0.4) is 0 Å². The number of hydrogen-bond acceptors (Lipinski definition) is 4. The van der Waals surface area contributed by atoms with Gasteiger partial charge in [-0.15, -0.1) is 0 Å². The molecule has 4 heteroatoms. The van der Waals surface area contributed by atoms with Gasteiger partial charge in [-0.1, -0.05) is 29.8 Å². The number of rotatable bonds is 4. The average molecular weight is 316 g/mol. The number of nitrogens with zero attached hydrogens (tertiary/aromatic N) is 2. The van der Waals surface area contributed by atoms with E-state index >= 15 is 0 Å². The summed E-state index contributed by atoms with van der Waals surface area (Å²) in [6, 6.07) is 17.8. The molecule has 2 aromatic carbocycles. The molecular weight excluding hydrogens is 300 g/mol. The van der Waals surface area contributed by atoms with Crippen LogP contribution >= 0.6 is 0 Å². The van der Waals surface area contributed by atoms with Crippen molar-refractivity contribution in [3.63, 3.8) is 0 Å². The molecule has 0 aliphatic rings. The second kappa shape index (κ2) is 6.16. The lowest BCUT2D eigenvalue weighted by molar-refractivity contribution is 0.306. The summed E-state index contributed by atoms with van der Waals surface area (Å²) in [5, 5.41) is 0. The Bertz CT molecular complexity index is 960. The third kappa shape index (κ3) is 2.99. The van der Waals surface area contributed by atoms with Gasteiger partial charge in [0.05, 0.1) is 5.56 Å². The van der Waals surface area contributed by atoms with Crippen molar-refractivity contribution in [3.8, 4) is 17.2 Å². The second-order valence-electron chi connectivity index (χ2n) is 5.66. The van der Waals surface area contributed by atoms with E-state index in [2.05, 4.69) is 41.2 Å². The summed E-state index contributed by atoms with van der Waals surface area (Å²) in [4.78, 5) is 8.62. The molecule has 2 aromatic heterocycles. The molecule has 2 heterocycles. The van der Waals surface area contributed by atoms with E-state index in [0.717, 1.165) is 28.0 Å². The molecule has 4 nitrogen and oxygen atoms in total. The molecule has 0 unspecified atom stereocenters. The van der Waals surface area contributed by atoms with Crippen molar-refractivity contribution < 1.29 is 9.15 Å². The van der Waals surface area contributed by atoms with Gasteiger partial charge in [-0.3, -0.25) is 4.98 Å². The SMILES string of the molecule is Cc1ccc(COc2ccc3oc(-c4cccnc4)nc3c2)cc1. The zero-order valence-corrected chi connectivity index (χ0v) is 13.3. The van der Waals surface area contributed by atoms with Gasteiger partial charge in [0.2, 0.25) is 5.89 Å². The fraction of sp³-hybridized carbons (Fsp3) is 0.100. The predicted molar refractivity (Wildman–Crippen MR) is 92.8 cm³/mol. The first-order valence-corrected chi connectivity index (χ1v) is 7.77. The van der Waals surface area contributed by atoms with Crippen LogP contribution in [0.5, 0.6) is 5.75 Å². The first-order valence-electron chi connectivity index (χ1n) is 7.77. The van der Waals surface area contributed by atoms with Crippen molar-refractivity contribution in [3.05, 3.63) is 78.1 Å². The molecule has 0 atom stereocenters. The molecule has 4 rings (SSSR count). The fourth-order valence-corrected chi connectivity index (χ4v) is 2.46. The van der Waals surface area contributed by atoms with E-state index in [1.165, 1.54) is 5.56 Å². The van der Waals surface area contributed by atoms with Crippen LogP contribution in [-0.4, -0.2) is 9.97 Å². The maximum atomic E-state index is 5.86. The first kappa shape index (κ1) is 14.5. The summed E-state index contributed by atoms with van der Waals surface area (Å²) in [5.41, 5.74) is 4.74. The summed E-state index contributed by atoms with van der Waals surface area (Å²) in [6.45, 7) is 2.60. The number of ether oxygens (including phenoxy) is 1. The Labute approximate surface area is 139 Å². The minimum Gasteiger partial charge on any atom is -0.489 e. The Morgan fingerprint density at radius 2 is 1.92 bits per heavy atom. The molecule has 0 spiro atoms. The standard InChI is InChI=1S/C20H16N2O2/c1-14-4-6-15(7-5-14)13-23-17-8-9-19-18(11-17)22-20(24-19)16-3-2-10-21-12-16/h2-12H,13H2,1H3. The van der Waals surface area contributed by atoms with E-state index < -0.39 is 0 Å². The van der Waals surface area contributed by atoms with Crippen LogP contribution in [0.4, 0.5) is 0 Å². The summed E-state index contributed by atoms with van der Waals surface area (Å²) >= 11 is 0. The van der Waals surface area contributed by atoms with Gasteiger partial charge in [-0.05, 0) is 36.8 Å². The maximum absolute atomic E-state index is 5.86. The number of benzene rings is 2. The van der Waals surface area contributed by atoms with Gasteiger partial charge in [0.25, 0.3) is 0 Å². The highest BCUT2D eigenvalue weighted by atomic mass is 16.5. The number of aryl methyl sites for hydroxylation is 1. The summed E-state index contributed by atoms with van der Waals surface area (Å²) < 4.78 is 11.6. The molecule has 0 amide bonds. The van der Waals surface area contributed by atoms with Gasteiger partial charge in [-0.25, -0.2) is 4.98 Å². The van der Waals surface area contributed by atoms with Gasteiger partial charge in [-0.2, -0.15) is 0 Å². The lowest BCUT2D eigenvalue weighted by atomic mass is 10.2. The molecule has 0 aliphatic carbocycles. The van der Waals surface area contributed by atoms with Crippen LogP contribution in [0.1, 0.15) is 11.1 Å². The van der Waals surface area contributed by atoms with Gasteiger partial charge < -0.3 is 9.15 Å². The second-order valence-corrected chi connectivity index (χ2v) is 5.66. The highest BCUT2D eigenvalue weighted by Gasteiger charge is 2.09. The van der Waals surface area contributed by atoms with Crippen LogP contribution in [0.2, 0.25) is 0 Å². The van der Waals surface area contributed by atoms with E-state index in [0.29, 0.717) is 12.5 Å². The first-order chi connectivity index (χ1) is 11.8. The lowest BCUT2D eigenvalue weighted by Gasteiger charge is -2.06. The van der Waals surface area contributed by atoms with Crippen LogP contribution in [0.15, 0.2) is 71.4 Å². The Morgan fingerprint density at radius 3 is 2.71 bits per heavy atom. The van der Waals surface area contributed by atoms with Crippen LogP contribution < -0.4 is 4.74 Å². The average Bonchev–Trinajstić information content (AvgIpc) is 3.05. The van der Waals surface area contributed by atoms with Crippen LogP contribution in [0, 0.1) is 6.92 Å². The lowest BCUT2D eigenvalue weighted by Crippen LogP contribution is -1.95. The number of fused-ring (bicyclic) bond motifs is 1. The largest absolute Gasteiger partial charge is 0.489 e. The number of oxazole rings is 1. The molecule has 0 saturated carbocycles. The fourth-order valence-electron chi connectivity index (χ4n) is 2.46. The topological polar surface area (TPSA) is 48.2 Å². The van der Waals surface area contributed by atoms with Crippen molar-refractivity contribution in [1.82, 2.24) is 9.97 Å². The molecule has 0 bridgehead atoms. The van der Waals surface area contributed by atoms with Crippen molar-refractivity contribution in [2.24, 2.45) is 0 Å². The molecule has 0 fully saturated rings. The molecule has 4 aromatic rings. The Kier molecular flexibility index (Phi) is 3.71. The van der Waals surface area contributed by atoms with E-state index in [-0.39, 0.29) is 0 Å². The van der Waals surface area contributed by atoms with E-state index in [4.69, 9.17) is 9.15 Å². The summed E-state index contributed by atoms with van der Waals surface area (Å²) in [7, 11) is 0. The maximum Gasteiger partial charge on any atom is 0.228 e.